The number of amides is 2. The maximum atomic E-state index is 12.1. The molecule has 2 heterocycles. The number of nitrogens with one attached hydrogen (secondary N) is 2. The summed E-state index contributed by atoms with van der Waals surface area (Å²) in [5.74, 6) is 0.367. The average molecular weight is 368 g/mol. The van der Waals surface area contributed by atoms with Crippen LogP contribution in [0.2, 0.25) is 0 Å². The lowest BCUT2D eigenvalue weighted by Gasteiger charge is -2.26. The summed E-state index contributed by atoms with van der Waals surface area (Å²) in [5, 5.41) is 4.11. The Morgan fingerprint density at radius 1 is 1.15 bits per heavy atom. The fourth-order valence-electron chi connectivity index (χ4n) is 2.90. The lowest BCUT2D eigenvalue weighted by Crippen LogP contribution is -2.38. The highest BCUT2D eigenvalue weighted by Crippen LogP contribution is 2.14. The van der Waals surface area contributed by atoms with Crippen LogP contribution in [0.1, 0.15) is 42.2 Å². The number of aromatic amines is 1. The Bertz CT molecular complexity index is 791. The molecule has 3 rings (SSSR count). The van der Waals surface area contributed by atoms with Crippen molar-refractivity contribution in [2.75, 3.05) is 19.7 Å². The largest absolute Gasteiger partial charge is 0.484 e. The molecule has 1 fully saturated rings. The number of ether oxygens (including phenoxy) is 1. The van der Waals surface area contributed by atoms with Gasteiger partial charge in [-0.25, -0.2) is 5.43 Å². The molecule has 0 unspecified atom stereocenters. The van der Waals surface area contributed by atoms with Crippen LogP contribution in [0.15, 0.2) is 47.7 Å². The van der Waals surface area contributed by atoms with Crippen molar-refractivity contribution in [1.82, 2.24) is 15.3 Å². The highest BCUT2D eigenvalue weighted by Gasteiger charge is 2.16. The van der Waals surface area contributed by atoms with E-state index in [2.05, 4.69) is 15.5 Å². The number of piperidine rings is 1. The predicted octanol–water partition coefficient (Wildman–Crippen LogP) is 2.56. The van der Waals surface area contributed by atoms with Crippen LogP contribution in [-0.2, 0) is 4.79 Å². The third-order valence-electron chi connectivity index (χ3n) is 4.51. The number of H-pyrrole nitrogens is 1. The van der Waals surface area contributed by atoms with Crippen LogP contribution in [0.5, 0.6) is 5.75 Å². The molecule has 1 aromatic heterocycles. The zero-order valence-electron chi connectivity index (χ0n) is 15.4. The predicted molar refractivity (Wildman–Crippen MR) is 103 cm³/mol. The summed E-state index contributed by atoms with van der Waals surface area (Å²) < 4.78 is 5.60. The normalized spacial score (nSPS) is 14.7. The minimum Gasteiger partial charge on any atom is -0.484 e. The number of hydrogen-bond donors (Lipinski definition) is 2. The van der Waals surface area contributed by atoms with E-state index in [1.165, 1.54) is 6.42 Å². The van der Waals surface area contributed by atoms with E-state index < -0.39 is 0 Å². The summed E-state index contributed by atoms with van der Waals surface area (Å²) in [7, 11) is 0. The molecule has 0 spiro atoms. The zero-order chi connectivity index (χ0) is 19.1. The maximum absolute atomic E-state index is 12.1. The van der Waals surface area contributed by atoms with Gasteiger partial charge in [-0.1, -0.05) is 0 Å². The lowest BCUT2D eigenvalue weighted by molar-refractivity contribution is -0.134. The quantitative estimate of drug-likeness (QED) is 0.607. The van der Waals surface area contributed by atoms with Gasteiger partial charge in [0.1, 0.15) is 11.4 Å². The number of carbonyl (C=O) groups excluding carboxylic acids is 2. The van der Waals surface area contributed by atoms with Crippen molar-refractivity contribution in [1.29, 1.82) is 0 Å². The minimum absolute atomic E-state index is 0.0311. The molecule has 7 heteroatoms. The fourth-order valence-corrected chi connectivity index (χ4v) is 2.90. The molecular formula is C20H24N4O3. The van der Waals surface area contributed by atoms with Crippen LogP contribution in [-0.4, -0.2) is 47.1 Å². The standard InChI is InChI=1S/C20H24N4O3/c1-15(22-23-20(26)18-6-5-11-21-18)16-7-9-17(10-8-16)27-14-19(25)24-12-3-2-4-13-24/h5-11,21H,2-4,12-14H2,1H3,(H,23,26)/b22-15-. The van der Waals surface area contributed by atoms with Gasteiger partial charge in [-0.15, -0.1) is 0 Å². The molecule has 2 N–H and O–H groups in total. The van der Waals surface area contributed by atoms with Crippen molar-refractivity contribution >= 4 is 17.5 Å². The van der Waals surface area contributed by atoms with Gasteiger partial charge in [-0.2, -0.15) is 5.10 Å². The Kier molecular flexibility index (Phi) is 6.25. The van der Waals surface area contributed by atoms with Crippen LogP contribution in [0, 0.1) is 0 Å². The van der Waals surface area contributed by atoms with Gasteiger partial charge < -0.3 is 14.6 Å². The first-order valence-electron chi connectivity index (χ1n) is 9.12. The van der Waals surface area contributed by atoms with Crippen molar-refractivity contribution in [3.8, 4) is 5.75 Å². The third-order valence-corrected chi connectivity index (χ3v) is 4.51. The van der Waals surface area contributed by atoms with Gasteiger partial charge in [0, 0.05) is 19.3 Å². The summed E-state index contributed by atoms with van der Waals surface area (Å²) in [4.78, 5) is 28.7. The number of likely N-dealkylation sites (tertiary alicyclic amines) is 1. The fraction of sp³-hybridized carbons (Fsp3) is 0.350. The van der Waals surface area contributed by atoms with Gasteiger partial charge in [0.05, 0.1) is 5.71 Å². The summed E-state index contributed by atoms with van der Waals surface area (Å²) in [6.45, 7) is 3.51. The molecule has 0 atom stereocenters. The van der Waals surface area contributed by atoms with Crippen molar-refractivity contribution in [2.45, 2.75) is 26.2 Å². The smallest absolute Gasteiger partial charge is 0.287 e. The van der Waals surface area contributed by atoms with E-state index >= 15 is 0 Å². The molecule has 1 saturated heterocycles. The molecule has 0 aliphatic carbocycles. The molecule has 2 aromatic rings. The average Bonchev–Trinajstić information content (AvgIpc) is 3.26. The molecule has 0 bridgehead atoms. The first-order chi connectivity index (χ1) is 13.1. The Morgan fingerprint density at radius 3 is 2.56 bits per heavy atom. The summed E-state index contributed by atoms with van der Waals surface area (Å²) in [6.07, 6.45) is 5.01. The van der Waals surface area contributed by atoms with Gasteiger partial charge in [-0.05, 0) is 68.1 Å². The van der Waals surface area contributed by atoms with Crippen molar-refractivity contribution in [3.05, 3.63) is 53.9 Å². The topological polar surface area (TPSA) is 86.8 Å². The molecule has 2 amide bonds. The van der Waals surface area contributed by atoms with Crippen LogP contribution in [0.4, 0.5) is 0 Å². The molecule has 1 aliphatic heterocycles. The van der Waals surface area contributed by atoms with Gasteiger partial charge in [0.15, 0.2) is 6.61 Å². The molecule has 1 aromatic carbocycles. The SMILES string of the molecule is C/C(=N/NC(=O)c1ccc[nH]1)c1ccc(OCC(=O)N2CCCCC2)cc1. The minimum atomic E-state index is -0.296. The summed E-state index contributed by atoms with van der Waals surface area (Å²) >= 11 is 0. The summed E-state index contributed by atoms with van der Waals surface area (Å²) in [5.41, 5.74) is 4.49. The monoisotopic (exact) mass is 368 g/mol. The van der Waals surface area contributed by atoms with E-state index in [4.69, 9.17) is 4.74 Å². The molecule has 142 valence electrons. The number of aromatic nitrogens is 1. The van der Waals surface area contributed by atoms with Crippen LogP contribution < -0.4 is 10.2 Å². The Morgan fingerprint density at radius 2 is 1.89 bits per heavy atom. The number of rotatable bonds is 6. The highest BCUT2D eigenvalue weighted by atomic mass is 16.5. The second-order valence-electron chi connectivity index (χ2n) is 6.48. The molecule has 0 radical (unpaired) electrons. The Balaban J connectivity index is 1.50. The van der Waals surface area contributed by atoms with Crippen molar-refractivity contribution < 1.29 is 14.3 Å². The number of carbonyl (C=O) groups is 2. The Labute approximate surface area is 158 Å². The zero-order valence-corrected chi connectivity index (χ0v) is 15.4. The number of hydrazone groups is 1. The van der Waals surface area contributed by atoms with Gasteiger partial charge in [0.25, 0.3) is 11.8 Å². The second-order valence-corrected chi connectivity index (χ2v) is 6.48. The van der Waals surface area contributed by atoms with Crippen molar-refractivity contribution in [3.63, 3.8) is 0 Å². The van der Waals surface area contributed by atoms with E-state index in [0.29, 0.717) is 17.2 Å². The molecule has 1 aliphatic rings. The first-order valence-corrected chi connectivity index (χ1v) is 9.12. The molecule has 0 saturated carbocycles. The van der Waals surface area contributed by atoms with E-state index in [1.54, 1.807) is 30.5 Å². The van der Waals surface area contributed by atoms with E-state index in [1.807, 2.05) is 24.0 Å². The van der Waals surface area contributed by atoms with Gasteiger partial charge in [0.2, 0.25) is 0 Å². The highest BCUT2D eigenvalue weighted by molar-refractivity contribution is 6.00. The molecular weight excluding hydrogens is 344 g/mol. The van der Waals surface area contributed by atoms with Gasteiger partial charge >= 0.3 is 0 Å². The van der Waals surface area contributed by atoms with Crippen LogP contribution in [0.3, 0.4) is 0 Å². The number of benzene rings is 1. The van der Waals surface area contributed by atoms with Crippen LogP contribution >= 0.6 is 0 Å². The second kappa shape index (κ2) is 9.02. The summed E-state index contributed by atoms with van der Waals surface area (Å²) in [6, 6.07) is 10.7. The lowest BCUT2D eigenvalue weighted by atomic mass is 10.1. The molecule has 7 nitrogen and oxygen atoms in total. The van der Waals surface area contributed by atoms with Crippen molar-refractivity contribution in [2.24, 2.45) is 5.10 Å². The first kappa shape index (κ1) is 18.7. The third kappa shape index (κ3) is 5.20. The van der Waals surface area contributed by atoms with E-state index in [9.17, 15) is 9.59 Å². The Hall–Kier alpha value is -3.09. The number of nitrogens with zero attached hydrogens (tertiary/aromatic N) is 2. The maximum Gasteiger partial charge on any atom is 0.287 e. The van der Waals surface area contributed by atoms with Gasteiger partial charge in [-0.3, -0.25) is 9.59 Å². The van der Waals surface area contributed by atoms with Crippen LogP contribution in [0.25, 0.3) is 0 Å². The molecule has 27 heavy (non-hydrogen) atoms. The van der Waals surface area contributed by atoms with E-state index in [-0.39, 0.29) is 18.4 Å². The number of hydrogen-bond acceptors (Lipinski definition) is 4. The van der Waals surface area contributed by atoms with E-state index in [0.717, 1.165) is 31.5 Å².